The van der Waals surface area contributed by atoms with Gasteiger partial charge in [-0.3, -0.25) is 24.1 Å². The molecule has 0 radical (unpaired) electrons. The van der Waals surface area contributed by atoms with Gasteiger partial charge in [0.2, 0.25) is 5.78 Å². The number of nitrogens with zero attached hydrogens (tertiary/aromatic N) is 4. The van der Waals surface area contributed by atoms with Crippen molar-refractivity contribution in [2.75, 3.05) is 45.8 Å². The van der Waals surface area contributed by atoms with Gasteiger partial charge in [-0.05, 0) is 72.4 Å². The Kier molecular flexibility index (Phi) is 15.2. The molecule has 4 rings (SSSR count). The van der Waals surface area contributed by atoms with E-state index in [1.807, 2.05) is 60.4 Å². The van der Waals surface area contributed by atoms with Gasteiger partial charge in [0.05, 0.1) is 0 Å². The van der Waals surface area contributed by atoms with Gasteiger partial charge in [0.25, 0.3) is 17.7 Å². The van der Waals surface area contributed by atoms with Crippen molar-refractivity contribution in [3.8, 4) is 0 Å². The number of Topliss-reactive ketones (excluding diaryl/α,β-unsaturated/α-hetero) is 1. The van der Waals surface area contributed by atoms with Gasteiger partial charge in [0.15, 0.2) is 0 Å². The number of carbonyl (C=O) groups is 4. The van der Waals surface area contributed by atoms with Crippen molar-refractivity contribution in [1.29, 1.82) is 0 Å². The molecule has 2 aromatic carbocycles. The van der Waals surface area contributed by atoms with E-state index in [9.17, 15) is 19.2 Å². The highest BCUT2D eigenvalue weighted by Crippen LogP contribution is 2.14. The molecular formula is C35H53N5O4. The molecule has 0 spiro atoms. The highest BCUT2D eigenvalue weighted by Gasteiger charge is 2.31. The van der Waals surface area contributed by atoms with Crippen molar-refractivity contribution in [2.45, 2.75) is 79.6 Å². The van der Waals surface area contributed by atoms with Crippen LogP contribution in [-0.2, 0) is 9.59 Å². The van der Waals surface area contributed by atoms with Crippen LogP contribution < -0.4 is 5.32 Å². The van der Waals surface area contributed by atoms with Crippen LogP contribution in [0.25, 0.3) is 0 Å². The average Bonchev–Trinajstić information content (AvgIpc) is 3.01. The van der Waals surface area contributed by atoms with Gasteiger partial charge >= 0.3 is 0 Å². The lowest BCUT2D eigenvalue weighted by atomic mass is 10.1. The molecule has 0 aromatic heterocycles. The molecule has 44 heavy (non-hydrogen) atoms. The average molecular weight is 608 g/mol. The van der Waals surface area contributed by atoms with Gasteiger partial charge in [-0.15, -0.1) is 0 Å². The Morgan fingerprint density at radius 2 is 1.25 bits per heavy atom. The smallest absolute Gasteiger partial charge is 0.289 e. The number of hydrogen-bond donors (Lipinski definition) is 1. The molecule has 0 aliphatic carbocycles. The number of amides is 3. The third kappa shape index (κ3) is 11.2. The third-order valence-corrected chi connectivity index (χ3v) is 7.87. The highest BCUT2D eigenvalue weighted by molar-refractivity contribution is 6.35. The number of piperazine rings is 2. The van der Waals surface area contributed by atoms with E-state index in [2.05, 4.69) is 51.8 Å². The van der Waals surface area contributed by atoms with E-state index >= 15 is 0 Å². The molecular weight excluding hydrogens is 554 g/mol. The zero-order valence-corrected chi connectivity index (χ0v) is 28.0. The molecule has 9 heteroatoms. The molecule has 0 bridgehead atoms. The molecule has 2 aliphatic rings. The Morgan fingerprint density at radius 3 is 1.61 bits per heavy atom. The minimum absolute atomic E-state index is 0.0348. The molecule has 2 fully saturated rings. The first-order valence-electron chi connectivity index (χ1n) is 15.9. The molecule has 2 atom stereocenters. The van der Waals surface area contributed by atoms with Crippen LogP contribution in [0.4, 0.5) is 0 Å². The molecule has 1 N–H and O–H groups in total. The van der Waals surface area contributed by atoms with E-state index in [-0.39, 0.29) is 17.9 Å². The van der Waals surface area contributed by atoms with E-state index in [0.717, 1.165) is 31.7 Å². The predicted octanol–water partition coefficient (Wildman–Crippen LogP) is 4.19. The Labute approximate surface area is 264 Å². The fourth-order valence-corrected chi connectivity index (χ4v) is 5.62. The second kappa shape index (κ2) is 18.3. The van der Waals surface area contributed by atoms with E-state index in [4.69, 9.17) is 0 Å². The molecule has 0 saturated carbocycles. The fourth-order valence-electron chi connectivity index (χ4n) is 5.62. The monoisotopic (exact) mass is 607 g/mol. The van der Waals surface area contributed by atoms with Gasteiger partial charge in [-0.1, -0.05) is 43.3 Å². The Bertz CT molecular complexity index is 1180. The number of rotatable bonds is 6. The molecule has 2 aliphatic heterocycles. The zero-order chi connectivity index (χ0) is 32.8. The van der Waals surface area contributed by atoms with Crippen LogP contribution in [0.3, 0.4) is 0 Å². The Hall–Kier alpha value is -3.56. The van der Waals surface area contributed by atoms with Crippen molar-refractivity contribution in [3.05, 3.63) is 71.8 Å². The maximum atomic E-state index is 12.3. The predicted molar refractivity (Wildman–Crippen MR) is 177 cm³/mol. The molecule has 9 nitrogen and oxygen atoms in total. The summed E-state index contributed by atoms with van der Waals surface area (Å²) >= 11 is 0. The van der Waals surface area contributed by atoms with Crippen LogP contribution in [0.2, 0.25) is 0 Å². The number of ketones is 1. The number of hydrogen-bond acceptors (Lipinski definition) is 6. The van der Waals surface area contributed by atoms with Crippen LogP contribution in [0.1, 0.15) is 76.1 Å². The summed E-state index contributed by atoms with van der Waals surface area (Å²) in [7, 11) is 0. The van der Waals surface area contributed by atoms with Crippen molar-refractivity contribution < 1.29 is 19.2 Å². The normalized spacial score (nSPS) is 18.3. The summed E-state index contributed by atoms with van der Waals surface area (Å²) in [5.41, 5.74) is 1.43. The maximum absolute atomic E-state index is 12.3. The quantitative estimate of drug-likeness (QED) is 0.495. The number of carbonyl (C=O) groups excluding carboxylic acids is 4. The standard InChI is InChI=1S/C15H18N2O3.C12H16N2O.C8H19N/c1-11-10-16(8-9-17(11)14(19)12(2)18)15(20)13-6-4-3-5-7-13;1-10-9-14(8-7-13-10)12(15)11-5-3-2-4-6-11;1-6-9(7(2)3)8(4)5/h3-7,11H,8-10H2,1-2H3;2-6,10,13H,7-9H2,1H3;7-8H,6H2,1-5H3/t11-;10-;/m11./s1. The first kappa shape index (κ1) is 36.6. The molecule has 0 unspecified atom stereocenters. The lowest BCUT2D eigenvalue weighted by molar-refractivity contribution is -0.146. The molecule has 242 valence electrons. The summed E-state index contributed by atoms with van der Waals surface area (Å²) < 4.78 is 0. The second-order valence-electron chi connectivity index (χ2n) is 12.0. The zero-order valence-electron chi connectivity index (χ0n) is 28.0. The summed E-state index contributed by atoms with van der Waals surface area (Å²) in [6.45, 7) is 21.4. The number of benzene rings is 2. The lowest BCUT2D eigenvalue weighted by Crippen LogP contribution is -2.56. The first-order valence-corrected chi connectivity index (χ1v) is 15.9. The Balaban J connectivity index is 0.000000248. The van der Waals surface area contributed by atoms with E-state index < -0.39 is 11.7 Å². The van der Waals surface area contributed by atoms with Crippen LogP contribution in [0, 0.1) is 0 Å². The third-order valence-electron chi connectivity index (χ3n) is 7.87. The topological polar surface area (TPSA) is 93.3 Å². The van der Waals surface area contributed by atoms with Crippen LogP contribution >= 0.6 is 0 Å². The van der Waals surface area contributed by atoms with Gasteiger partial charge in [0, 0.05) is 81.5 Å². The second-order valence-corrected chi connectivity index (χ2v) is 12.0. The van der Waals surface area contributed by atoms with Crippen LogP contribution in [0.15, 0.2) is 60.7 Å². The van der Waals surface area contributed by atoms with E-state index in [1.165, 1.54) is 11.8 Å². The summed E-state index contributed by atoms with van der Waals surface area (Å²) in [6.07, 6.45) is 0. The number of nitrogens with one attached hydrogen (secondary N) is 1. The maximum Gasteiger partial charge on any atom is 0.289 e. The largest absolute Gasteiger partial charge is 0.336 e. The molecule has 2 aromatic rings. The van der Waals surface area contributed by atoms with Crippen LogP contribution in [0.5, 0.6) is 0 Å². The van der Waals surface area contributed by atoms with Crippen molar-refractivity contribution >= 4 is 23.5 Å². The molecule has 2 saturated heterocycles. The van der Waals surface area contributed by atoms with Crippen molar-refractivity contribution in [1.82, 2.24) is 24.9 Å². The van der Waals surface area contributed by atoms with Gasteiger partial charge in [-0.2, -0.15) is 0 Å². The van der Waals surface area contributed by atoms with Crippen molar-refractivity contribution in [3.63, 3.8) is 0 Å². The molecule has 2 heterocycles. The lowest BCUT2D eigenvalue weighted by Gasteiger charge is -2.39. The van der Waals surface area contributed by atoms with Crippen molar-refractivity contribution in [2.24, 2.45) is 0 Å². The van der Waals surface area contributed by atoms with Gasteiger partial charge < -0.3 is 20.0 Å². The summed E-state index contributed by atoms with van der Waals surface area (Å²) in [5.74, 6) is -0.819. The van der Waals surface area contributed by atoms with E-state index in [0.29, 0.717) is 43.3 Å². The Morgan fingerprint density at radius 1 is 0.773 bits per heavy atom. The summed E-state index contributed by atoms with van der Waals surface area (Å²) in [4.78, 5) is 54.9. The first-order chi connectivity index (χ1) is 20.9. The van der Waals surface area contributed by atoms with Gasteiger partial charge in [-0.25, -0.2) is 0 Å². The summed E-state index contributed by atoms with van der Waals surface area (Å²) in [6, 6.07) is 20.2. The van der Waals surface area contributed by atoms with Crippen LogP contribution in [-0.4, -0.2) is 113 Å². The molecule has 3 amide bonds. The summed E-state index contributed by atoms with van der Waals surface area (Å²) in [5, 5.41) is 3.32. The van der Waals surface area contributed by atoms with E-state index in [1.54, 1.807) is 17.0 Å². The SMILES string of the molecule is CC(=O)C(=O)N1CCN(C(=O)c2ccccc2)C[C@H]1C.CCN(C(C)C)C(C)C.C[C@@H]1CN(C(=O)c2ccccc2)CCN1. The fraction of sp³-hybridized carbons (Fsp3) is 0.543. The van der Waals surface area contributed by atoms with Gasteiger partial charge in [0.1, 0.15) is 0 Å². The minimum atomic E-state index is -0.468. The minimum Gasteiger partial charge on any atom is -0.336 e. The highest BCUT2D eigenvalue weighted by atomic mass is 16.2.